The van der Waals surface area contributed by atoms with E-state index in [2.05, 4.69) is 10.3 Å². The first kappa shape index (κ1) is 12.3. The molecule has 1 aromatic carbocycles. The summed E-state index contributed by atoms with van der Waals surface area (Å²) in [5.41, 5.74) is 4.02. The second-order valence-electron chi connectivity index (χ2n) is 4.64. The Hall–Kier alpha value is -1.75. The van der Waals surface area contributed by atoms with Gasteiger partial charge >= 0.3 is 0 Å². The molecule has 1 atom stereocenters. The number of aryl methyl sites for hydroxylation is 1. The maximum absolute atomic E-state index is 13.6. The quantitative estimate of drug-likeness (QED) is 0.916. The molecule has 1 aliphatic rings. The Bertz CT molecular complexity index is 638. The minimum absolute atomic E-state index is 0.0975. The number of hydrogen-bond acceptors (Lipinski definition) is 3. The van der Waals surface area contributed by atoms with Crippen LogP contribution in [-0.4, -0.2) is 10.9 Å². The highest BCUT2D eigenvalue weighted by molar-refractivity contribution is 7.11. The lowest BCUT2D eigenvalue weighted by Gasteiger charge is -2.13. The highest BCUT2D eigenvalue weighted by atomic mass is 32.1. The molecule has 98 valence electrons. The Kier molecular flexibility index (Phi) is 3.06. The first-order valence-corrected chi connectivity index (χ1v) is 7.03. The third-order valence-corrected chi connectivity index (χ3v) is 4.40. The molecule has 19 heavy (non-hydrogen) atoms. The molecule has 0 fully saturated rings. The van der Waals surface area contributed by atoms with Crippen molar-refractivity contribution in [2.24, 2.45) is 0 Å². The fourth-order valence-corrected chi connectivity index (χ4v) is 3.21. The van der Waals surface area contributed by atoms with Crippen LogP contribution in [0.3, 0.4) is 0 Å². The number of aromatic nitrogens is 1. The van der Waals surface area contributed by atoms with E-state index in [9.17, 15) is 9.18 Å². The van der Waals surface area contributed by atoms with Crippen LogP contribution in [0.4, 0.5) is 4.39 Å². The zero-order chi connectivity index (χ0) is 13.4. The van der Waals surface area contributed by atoms with Gasteiger partial charge in [-0.25, -0.2) is 9.37 Å². The van der Waals surface area contributed by atoms with Gasteiger partial charge in [0, 0.05) is 0 Å². The van der Waals surface area contributed by atoms with Gasteiger partial charge in [-0.2, -0.15) is 0 Å². The second-order valence-corrected chi connectivity index (χ2v) is 5.49. The van der Waals surface area contributed by atoms with Crippen molar-refractivity contribution in [2.45, 2.75) is 25.8 Å². The maximum Gasteiger partial charge on any atom is 0.263 e. The van der Waals surface area contributed by atoms with Crippen LogP contribution in [0.15, 0.2) is 23.7 Å². The monoisotopic (exact) mass is 276 g/mol. The van der Waals surface area contributed by atoms with Gasteiger partial charge in [0.05, 0.1) is 17.2 Å². The van der Waals surface area contributed by atoms with Gasteiger partial charge in [-0.15, -0.1) is 11.3 Å². The Morgan fingerprint density at radius 2 is 2.37 bits per heavy atom. The maximum atomic E-state index is 13.6. The van der Waals surface area contributed by atoms with Gasteiger partial charge in [-0.3, -0.25) is 4.79 Å². The van der Waals surface area contributed by atoms with E-state index >= 15 is 0 Å². The number of fused-ring (bicyclic) bond motifs is 1. The molecule has 0 unspecified atom stereocenters. The van der Waals surface area contributed by atoms with Crippen molar-refractivity contribution < 1.29 is 9.18 Å². The summed E-state index contributed by atoms with van der Waals surface area (Å²) in [4.78, 5) is 16.8. The van der Waals surface area contributed by atoms with Crippen LogP contribution in [0.5, 0.6) is 0 Å². The molecule has 1 amide bonds. The van der Waals surface area contributed by atoms with Crippen LogP contribution in [0.1, 0.15) is 39.0 Å². The van der Waals surface area contributed by atoms with E-state index in [0.29, 0.717) is 11.3 Å². The smallest absolute Gasteiger partial charge is 0.263 e. The molecule has 2 aromatic rings. The highest BCUT2D eigenvalue weighted by Gasteiger charge is 2.27. The van der Waals surface area contributed by atoms with Crippen LogP contribution >= 0.6 is 11.3 Å². The van der Waals surface area contributed by atoms with Gasteiger partial charge in [0.25, 0.3) is 5.91 Å². The molecule has 0 aliphatic heterocycles. The van der Waals surface area contributed by atoms with E-state index in [1.54, 1.807) is 11.6 Å². The Labute approximate surface area is 114 Å². The third kappa shape index (κ3) is 2.14. The lowest BCUT2D eigenvalue weighted by Crippen LogP contribution is -2.27. The minimum Gasteiger partial charge on any atom is -0.344 e. The number of carbonyl (C=O) groups is 1. The van der Waals surface area contributed by atoms with E-state index in [0.717, 1.165) is 23.2 Å². The van der Waals surface area contributed by atoms with Crippen LogP contribution in [0, 0.1) is 12.7 Å². The SMILES string of the molecule is Cc1ncsc1C(=O)N[C@@H]1CCc2c(F)cccc21. The fourth-order valence-electron chi connectivity index (χ4n) is 2.50. The molecular formula is C14H13FN2OS. The molecule has 1 aromatic heterocycles. The van der Waals surface area contributed by atoms with Crippen molar-refractivity contribution in [3.05, 3.63) is 51.2 Å². The topological polar surface area (TPSA) is 42.0 Å². The predicted octanol–water partition coefficient (Wildman–Crippen LogP) is 3.01. The van der Waals surface area contributed by atoms with Gasteiger partial charge in [-0.1, -0.05) is 12.1 Å². The van der Waals surface area contributed by atoms with Crippen molar-refractivity contribution in [3.8, 4) is 0 Å². The summed E-state index contributed by atoms with van der Waals surface area (Å²) in [5, 5.41) is 2.97. The van der Waals surface area contributed by atoms with E-state index < -0.39 is 0 Å². The van der Waals surface area contributed by atoms with E-state index in [1.807, 2.05) is 13.0 Å². The first-order valence-electron chi connectivity index (χ1n) is 6.15. The normalized spacial score (nSPS) is 17.3. The summed E-state index contributed by atoms with van der Waals surface area (Å²) in [6.07, 6.45) is 1.43. The summed E-state index contributed by atoms with van der Waals surface area (Å²) in [5.74, 6) is -0.301. The predicted molar refractivity (Wildman–Crippen MR) is 71.8 cm³/mol. The zero-order valence-corrected chi connectivity index (χ0v) is 11.3. The van der Waals surface area contributed by atoms with Gasteiger partial charge in [0.15, 0.2) is 0 Å². The van der Waals surface area contributed by atoms with Crippen molar-refractivity contribution >= 4 is 17.2 Å². The molecule has 1 N–H and O–H groups in total. The lowest BCUT2D eigenvalue weighted by molar-refractivity contribution is 0.0940. The average molecular weight is 276 g/mol. The Balaban J connectivity index is 1.82. The van der Waals surface area contributed by atoms with E-state index in [-0.39, 0.29) is 17.8 Å². The second kappa shape index (κ2) is 4.74. The van der Waals surface area contributed by atoms with Gasteiger partial charge < -0.3 is 5.32 Å². The number of amides is 1. The molecule has 3 nitrogen and oxygen atoms in total. The van der Waals surface area contributed by atoms with E-state index in [1.165, 1.54) is 17.4 Å². The molecule has 0 spiro atoms. The number of halogens is 1. The van der Waals surface area contributed by atoms with Crippen molar-refractivity contribution in [3.63, 3.8) is 0 Å². The number of nitrogens with one attached hydrogen (secondary N) is 1. The Morgan fingerprint density at radius 3 is 3.11 bits per heavy atom. The molecule has 1 heterocycles. The van der Waals surface area contributed by atoms with Crippen LogP contribution < -0.4 is 5.32 Å². The summed E-state index contributed by atoms with van der Waals surface area (Å²) in [7, 11) is 0. The summed E-state index contributed by atoms with van der Waals surface area (Å²) in [6, 6.07) is 4.95. The third-order valence-electron chi connectivity index (χ3n) is 3.47. The molecule has 1 aliphatic carbocycles. The molecule has 0 saturated carbocycles. The number of hydrogen-bond donors (Lipinski definition) is 1. The summed E-state index contributed by atoms with van der Waals surface area (Å²) >= 11 is 1.33. The fraction of sp³-hybridized carbons (Fsp3) is 0.286. The number of carbonyl (C=O) groups excluding carboxylic acids is 1. The number of thiazole rings is 1. The zero-order valence-electron chi connectivity index (χ0n) is 10.4. The Morgan fingerprint density at radius 1 is 1.53 bits per heavy atom. The summed E-state index contributed by atoms with van der Waals surface area (Å²) in [6.45, 7) is 1.81. The molecule has 3 rings (SSSR count). The molecule has 0 saturated heterocycles. The highest BCUT2D eigenvalue weighted by Crippen LogP contribution is 2.33. The van der Waals surface area contributed by atoms with Crippen molar-refractivity contribution in [1.29, 1.82) is 0 Å². The van der Waals surface area contributed by atoms with Crippen molar-refractivity contribution in [2.75, 3.05) is 0 Å². The molecule has 5 heteroatoms. The lowest BCUT2D eigenvalue weighted by atomic mass is 10.1. The van der Waals surface area contributed by atoms with Gasteiger partial charge in [0.2, 0.25) is 0 Å². The number of nitrogens with zero attached hydrogens (tertiary/aromatic N) is 1. The van der Waals surface area contributed by atoms with E-state index in [4.69, 9.17) is 0 Å². The van der Waals surface area contributed by atoms with Crippen LogP contribution in [0.2, 0.25) is 0 Å². The van der Waals surface area contributed by atoms with Gasteiger partial charge in [-0.05, 0) is 37.0 Å². The standard InChI is InChI=1S/C14H13FN2OS/c1-8-13(19-7-16-8)14(18)17-12-6-5-9-10(12)3-2-4-11(9)15/h2-4,7,12H,5-6H2,1H3,(H,17,18)/t12-/m1/s1. The summed E-state index contributed by atoms with van der Waals surface area (Å²) < 4.78 is 13.6. The van der Waals surface area contributed by atoms with Gasteiger partial charge in [0.1, 0.15) is 10.7 Å². The molecule has 0 radical (unpaired) electrons. The number of benzene rings is 1. The average Bonchev–Trinajstić information content (AvgIpc) is 2.97. The minimum atomic E-state index is -0.178. The molecule has 0 bridgehead atoms. The van der Waals surface area contributed by atoms with Crippen LogP contribution in [0.25, 0.3) is 0 Å². The largest absolute Gasteiger partial charge is 0.344 e. The van der Waals surface area contributed by atoms with Crippen molar-refractivity contribution in [1.82, 2.24) is 10.3 Å². The molecular weight excluding hydrogens is 263 g/mol. The number of rotatable bonds is 2. The van der Waals surface area contributed by atoms with Crippen LogP contribution in [-0.2, 0) is 6.42 Å². The first-order chi connectivity index (χ1) is 9.16.